The predicted molar refractivity (Wildman–Crippen MR) is 78.8 cm³/mol. The monoisotopic (exact) mass is 290 g/mol. The van der Waals surface area contributed by atoms with Gasteiger partial charge in [-0.1, -0.05) is 29.8 Å². The highest BCUT2D eigenvalue weighted by atomic mass is 35.5. The molecule has 2 aromatic heterocycles. The lowest BCUT2D eigenvalue weighted by Crippen LogP contribution is -2.21. The van der Waals surface area contributed by atoms with Crippen molar-refractivity contribution in [2.75, 3.05) is 0 Å². The highest BCUT2D eigenvalue weighted by Gasteiger charge is 2.16. The van der Waals surface area contributed by atoms with E-state index in [9.17, 15) is 4.79 Å². The Morgan fingerprint density at radius 3 is 2.89 bits per heavy atom. The standard InChI is InChI=1S/C14H11ClN2OS/c15-12-10-3-1-2-4-11(10)19-13(12)14(18)17-8-9-5-6-16-7-9/h1-7,16H,8H2,(H,17,18). The van der Waals surface area contributed by atoms with Crippen molar-refractivity contribution < 1.29 is 4.79 Å². The third-order valence-electron chi connectivity index (χ3n) is 2.86. The van der Waals surface area contributed by atoms with Gasteiger partial charge in [-0.05, 0) is 17.7 Å². The Morgan fingerprint density at radius 1 is 1.32 bits per heavy atom. The van der Waals surface area contributed by atoms with E-state index in [2.05, 4.69) is 10.3 Å². The summed E-state index contributed by atoms with van der Waals surface area (Å²) in [5.41, 5.74) is 1.03. The Hall–Kier alpha value is -1.78. The number of fused-ring (bicyclic) bond motifs is 1. The van der Waals surface area contributed by atoms with Gasteiger partial charge in [-0.3, -0.25) is 4.79 Å². The molecule has 0 aliphatic carbocycles. The zero-order valence-corrected chi connectivity index (χ0v) is 11.5. The quantitative estimate of drug-likeness (QED) is 0.757. The number of aromatic nitrogens is 1. The molecule has 19 heavy (non-hydrogen) atoms. The Balaban J connectivity index is 1.83. The maximum absolute atomic E-state index is 12.1. The fraction of sp³-hybridized carbons (Fsp3) is 0.0714. The zero-order valence-electron chi connectivity index (χ0n) is 9.94. The summed E-state index contributed by atoms with van der Waals surface area (Å²) in [6.45, 7) is 0.493. The van der Waals surface area contributed by atoms with Crippen molar-refractivity contribution in [1.82, 2.24) is 10.3 Å². The molecule has 0 saturated heterocycles. The van der Waals surface area contributed by atoms with Gasteiger partial charge < -0.3 is 10.3 Å². The predicted octanol–water partition coefficient (Wildman–Crippen LogP) is 3.81. The summed E-state index contributed by atoms with van der Waals surface area (Å²) in [6.07, 6.45) is 3.68. The Kier molecular flexibility index (Phi) is 3.27. The molecule has 2 heterocycles. The molecule has 1 amide bonds. The molecule has 0 saturated carbocycles. The third-order valence-corrected chi connectivity index (χ3v) is 4.53. The average Bonchev–Trinajstić information content (AvgIpc) is 3.05. The smallest absolute Gasteiger partial charge is 0.263 e. The van der Waals surface area contributed by atoms with Crippen LogP contribution in [0.15, 0.2) is 42.7 Å². The molecule has 3 aromatic rings. The van der Waals surface area contributed by atoms with Crippen molar-refractivity contribution in [1.29, 1.82) is 0 Å². The molecule has 1 aromatic carbocycles. The van der Waals surface area contributed by atoms with Crippen LogP contribution in [0.25, 0.3) is 10.1 Å². The van der Waals surface area contributed by atoms with Gasteiger partial charge >= 0.3 is 0 Å². The van der Waals surface area contributed by atoms with E-state index in [0.29, 0.717) is 16.4 Å². The number of benzene rings is 1. The number of aromatic amines is 1. The van der Waals surface area contributed by atoms with Crippen LogP contribution in [-0.2, 0) is 6.54 Å². The van der Waals surface area contributed by atoms with Gasteiger partial charge in [0.1, 0.15) is 4.88 Å². The van der Waals surface area contributed by atoms with E-state index in [1.165, 1.54) is 11.3 Å². The number of halogens is 1. The second kappa shape index (κ2) is 5.07. The number of nitrogens with one attached hydrogen (secondary N) is 2. The molecule has 0 aliphatic heterocycles. The Bertz CT molecular complexity index is 718. The molecular formula is C14H11ClN2OS. The van der Waals surface area contributed by atoms with Crippen LogP contribution in [0.2, 0.25) is 5.02 Å². The van der Waals surface area contributed by atoms with Crippen LogP contribution < -0.4 is 5.32 Å². The van der Waals surface area contributed by atoms with E-state index in [1.807, 2.05) is 42.7 Å². The fourth-order valence-electron chi connectivity index (χ4n) is 1.89. The fourth-order valence-corrected chi connectivity index (χ4v) is 3.32. The minimum Gasteiger partial charge on any atom is -0.367 e. The summed E-state index contributed by atoms with van der Waals surface area (Å²) >= 11 is 7.67. The first-order valence-electron chi connectivity index (χ1n) is 5.82. The molecule has 0 spiro atoms. The van der Waals surface area contributed by atoms with E-state index < -0.39 is 0 Å². The van der Waals surface area contributed by atoms with Gasteiger partial charge in [-0.25, -0.2) is 0 Å². The maximum atomic E-state index is 12.1. The molecule has 0 aliphatic rings. The van der Waals surface area contributed by atoms with Crippen LogP contribution in [0.1, 0.15) is 15.2 Å². The van der Waals surface area contributed by atoms with Crippen molar-refractivity contribution in [3.05, 3.63) is 58.2 Å². The minimum atomic E-state index is -0.132. The topological polar surface area (TPSA) is 44.9 Å². The van der Waals surface area contributed by atoms with Crippen LogP contribution in [0.3, 0.4) is 0 Å². The Morgan fingerprint density at radius 2 is 2.16 bits per heavy atom. The number of carbonyl (C=O) groups is 1. The van der Waals surface area contributed by atoms with Crippen molar-refractivity contribution in [3.63, 3.8) is 0 Å². The number of H-pyrrole nitrogens is 1. The lowest BCUT2D eigenvalue weighted by Gasteiger charge is -2.01. The summed E-state index contributed by atoms with van der Waals surface area (Å²) in [6, 6.07) is 9.68. The van der Waals surface area contributed by atoms with Gasteiger partial charge in [0, 0.05) is 29.0 Å². The van der Waals surface area contributed by atoms with Crippen molar-refractivity contribution in [2.45, 2.75) is 6.54 Å². The highest BCUT2D eigenvalue weighted by Crippen LogP contribution is 2.34. The highest BCUT2D eigenvalue weighted by molar-refractivity contribution is 7.21. The van der Waals surface area contributed by atoms with Crippen molar-refractivity contribution in [3.8, 4) is 0 Å². The van der Waals surface area contributed by atoms with E-state index in [-0.39, 0.29) is 5.91 Å². The number of thiophene rings is 1. The summed E-state index contributed by atoms with van der Waals surface area (Å²) in [4.78, 5) is 15.7. The molecule has 0 radical (unpaired) electrons. The van der Waals surface area contributed by atoms with Gasteiger partial charge in [-0.2, -0.15) is 0 Å². The molecule has 96 valence electrons. The number of rotatable bonds is 3. The Labute approximate surface area is 119 Å². The number of hydrogen-bond donors (Lipinski definition) is 2. The summed E-state index contributed by atoms with van der Waals surface area (Å²) in [5.74, 6) is -0.132. The van der Waals surface area contributed by atoms with E-state index in [0.717, 1.165) is 15.6 Å². The van der Waals surface area contributed by atoms with Crippen LogP contribution in [0.4, 0.5) is 0 Å². The second-order valence-electron chi connectivity index (χ2n) is 4.14. The lowest BCUT2D eigenvalue weighted by molar-refractivity contribution is 0.0955. The number of hydrogen-bond acceptors (Lipinski definition) is 2. The molecule has 0 fully saturated rings. The molecule has 0 atom stereocenters. The van der Waals surface area contributed by atoms with E-state index >= 15 is 0 Å². The first-order chi connectivity index (χ1) is 9.25. The van der Waals surface area contributed by atoms with Crippen LogP contribution in [0.5, 0.6) is 0 Å². The van der Waals surface area contributed by atoms with E-state index in [4.69, 9.17) is 11.6 Å². The molecule has 0 unspecified atom stereocenters. The van der Waals surface area contributed by atoms with Crippen LogP contribution in [0, 0.1) is 0 Å². The van der Waals surface area contributed by atoms with Crippen molar-refractivity contribution >= 4 is 38.9 Å². The molecule has 0 bridgehead atoms. The normalized spacial score (nSPS) is 10.8. The van der Waals surface area contributed by atoms with Gasteiger partial charge in [0.25, 0.3) is 5.91 Å². The summed E-state index contributed by atoms with van der Waals surface area (Å²) in [7, 11) is 0. The second-order valence-corrected chi connectivity index (χ2v) is 5.57. The molecule has 3 nitrogen and oxygen atoms in total. The largest absolute Gasteiger partial charge is 0.367 e. The molecular weight excluding hydrogens is 280 g/mol. The van der Waals surface area contributed by atoms with Gasteiger partial charge in [0.05, 0.1) is 5.02 Å². The van der Waals surface area contributed by atoms with Gasteiger partial charge in [0.2, 0.25) is 0 Å². The van der Waals surface area contributed by atoms with Gasteiger partial charge in [0.15, 0.2) is 0 Å². The molecule has 2 N–H and O–H groups in total. The number of carbonyl (C=O) groups excluding carboxylic acids is 1. The molecule has 3 rings (SSSR count). The first-order valence-corrected chi connectivity index (χ1v) is 7.02. The lowest BCUT2D eigenvalue weighted by atomic mass is 10.2. The third kappa shape index (κ3) is 2.37. The van der Waals surface area contributed by atoms with Crippen LogP contribution in [-0.4, -0.2) is 10.9 Å². The van der Waals surface area contributed by atoms with Crippen LogP contribution >= 0.6 is 22.9 Å². The molecule has 5 heteroatoms. The summed E-state index contributed by atoms with van der Waals surface area (Å²) < 4.78 is 1.03. The van der Waals surface area contributed by atoms with Crippen molar-refractivity contribution in [2.24, 2.45) is 0 Å². The van der Waals surface area contributed by atoms with E-state index in [1.54, 1.807) is 0 Å². The zero-order chi connectivity index (χ0) is 13.2. The van der Waals surface area contributed by atoms with Gasteiger partial charge in [-0.15, -0.1) is 11.3 Å². The average molecular weight is 291 g/mol. The summed E-state index contributed by atoms with van der Waals surface area (Å²) in [5, 5.41) is 4.34. The first kappa shape index (κ1) is 12.3. The SMILES string of the molecule is O=C(NCc1cc[nH]c1)c1sc2ccccc2c1Cl. The minimum absolute atomic E-state index is 0.132. The number of amides is 1. The maximum Gasteiger partial charge on any atom is 0.263 e.